The van der Waals surface area contributed by atoms with Crippen LogP contribution in [0.5, 0.6) is 0 Å². The highest BCUT2D eigenvalue weighted by molar-refractivity contribution is 5.88. The molecule has 0 aromatic heterocycles. The second-order valence-electron chi connectivity index (χ2n) is 5.73. The van der Waals surface area contributed by atoms with E-state index in [2.05, 4.69) is 48.6 Å². The Morgan fingerprint density at radius 3 is 2.70 bits per heavy atom. The smallest absolute Gasteiger partial charge is 0.0594 e. The fourth-order valence-electron chi connectivity index (χ4n) is 3.27. The van der Waals surface area contributed by atoms with Gasteiger partial charge in [-0.05, 0) is 55.1 Å². The highest BCUT2D eigenvalue weighted by Crippen LogP contribution is 2.31. The molecule has 2 heteroatoms. The van der Waals surface area contributed by atoms with E-state index in [0.29, 0.717) is 12.1 Å². The van der Waals surface area contributed by atoms with E-state index >= 15 is 0 Å². The molecule has 1 N–H and O–H groups in total. The van der Waals surface area contributed by atoms with Crippen LogP contribution in [0.1, 0.15) is 36.4 Å². The van der Waals surface area contributed by atoms with E-state index in [1.807, 2.05) is 7.05 Å². The van der Waals surface area contributed by atoms with Crippen molar-refractivity contribution in [3.63, 3.8) is 0 Å². The van der Waals surface area contributed by atoms with E-state index in [-0.39, 0.29) is 0 Å². The molecule has 2 atom stereocenters. The van der Waals surface area contributed by atoms with Crippen LogP contribution in [0.15, 0.2) is 36.4 Å². The third-order valence-electron chi connectivity index (χ3n) is 4.42. The average Bonchev–Trinajstić information content (AvgIpc) is 2.99. The van der Waals surface area contributed by atoms with E-state index in [1.54, 1.807) is 0 Å². The molecule has 0 spiro atoms. The Hall–Kier alpha value is -1.38. The zero-order valence-corrected chi connectivity index (χ0v) is 12.4. The van der Waals surface area contributed by atoms with Crippen molar-refractivity contribution in [2.24, 2.45) is 0 Å². The van der Waals surface area contributed by atoms with Crippen molar-refractivity contribution in [2.75, 3.05) is 13.7 Å². The first kappa shape index (κ1) is 13.6. The van der Waals surface area contributed by atoms with Crippen molar-refractivity contribution < 1.29 is 4.74 Å². The van der Waals surface area contributed by atoms with Gasteiger partial charge in [0, 0.05) is 12.6 Å². The SMILES string of the molecule is CNC(CC1CCCO1)c1ccc(C)c2ccccc12. The summed E-state index contributed by atoms with van der Waals surface area (Å²) in [5.41, 5.74) is 2.74. The molecular weight excluding hydrogens is 246 g/mol. The molecule has 2 aromatic carbocycles. The molecule has 0 amide bonds. The lowest BCUT2D eigenvalue weighted by Crippen LogP contribution is -2.22. The number of nitrogens with one attached hydrogen (secondary N) is 1. The Morgan fingerprint density at radius 1 is 1.20 bits per heavy atom. The molecule has 0 saturated carbocycles. The zero-order chi connectivity index (χ0) is 13.9. The van der Waals surface area contributed by atoms with Crippen LogP contribution in [0.3, 0.4) is 0 Å². The number of aryl methyl sites for hydroxylation is 1. The summed E-state index contributed by atoms with van der Waals surface area (Å²) in [5.74, 6) is 0. The summed E-state index contributed by atoms with van der Waals surface area (Å²) in [4.78, 5) is 0. The van der Waals surface area contributed by atoms with Crippen LogP contribution < -0.4 is 5.32 Å². The Morgan fingerprint density at radius 2 is 2.00 bits per heavy atom. The molecular formula is C18H23NO. The number of hydrogen-bond donors (Lipinski definition) is 1. The van der Waals surface area contributed by atoms with Gasteiger partial charge in [-0.2, -0.15) is 0 Å². The van der Waals surface area contributed by atoms with Crippen LogP contribution in [-0.2, 0) is 4.74 Å². The van der Waals surface area contributed by atoms with Crippen LogP contribution in [0, 0.1) is 6.92 Å². The van der Waals surface area contributed by atoms with Gasteiger partial charge < -0.3 is 10.1 Å². The van der Waals surface area contributed by atoms with E-state index < -0.39 is 0 Å². The van der Waals surface area contributed by atoms with E-state index in [0.717, 1.165) is 13.0 Å². The lowest BCUT2D eigenvalue weighted by Gasteiger charge is -2.22. The van der Waals surface area contributed by atoms with Gasteiger partial charge in [-0.1, -0.05) is 36.4 Å². The highest BCUT2D eigenvalue weighted by Gasteiger charge is 2.22. The Kier molecular flexibility index (Phi) is 4.04. The minimum absolute atomic E-state index is 0.364. The first-order valence-corrected chi connectivity index (χ1v) is 7.56. The van der Waals surface area contributed by atoms with Crippen molar-refractivity contribution in [1.29, 1.82) is 0 Å². The lowest BCUT2D eigenvalue weighted by atomic mass is 9.92. The predicted octanol–water partition coefficient (Wildman–Crippen LogP) is 3.98. The number of hydrogen-bond acceptors (Lipinski definition) is 2. The fourth-order valence-corrected chi connectivity index (χ4v) is 3.27. The predicted molar refractivity (Wildman–Crippen MR) is 84.1 cm³/mol. The van der Waals surface area contributed by atoms with E-state index in [1.165, 1.54) is 34.7 Å². The minimum Gasteiger partial charge on any atom is -0.378 e. The molecule has 106 valence electrons. The molecule has 1 aliphatic heterocycles. The number of ether oxygens (including phenoxy) is 1. The number of rotatable bonds is 4. The van der Waals surface area contributed by atoms with Gasteiger partial charge in [0.1, 0.15) is 0 Å². The third-order valence-corrected chi connectivity index (χ3v) is 4.42. The lowest BCUT2D eigenvalue weighted by molar-refractivity contribution is 0.0955. The summed E-state index contributed by atoms with van der Waals surface area (Å²) in [7, 11) is 2.05. The van der Waals surface area contributed by atoms with Gasteiger partial charge in [-0.15, -0.1) is 0 Å². The van der Waals surface area contributed by atoms with Crippen LogP contribution in [0.2, 0.25) is 0 Å². The van der Waals surface area contributed by atoms with Crippen molar-refractivity contribution in [3.8, 4) is 0 Å². The maximum Gasteiger partial charge on any atom is 0.0594 e. The average molecular weight is 269 g/mol. The summed E-state index contributed by atoms with van der Waals surface area (Å²) in [6.45, 7) is 3.11. The summed E-state index contributed by atoms with van der Waals surface area (Å²) in [5, 5.41) is 6.20. The molecule has 2 aromatic rings. The van der Waals surface area contributed by atoms with Crippen LogP contribution in [0.25, 0.3) is 10.8 Å². The van der Waals surface area contributed by atoms with Crippen molar-refractivity contribution >= 4 is 10.8 Å². The number of benzene rings is 2. The van der Waals surface area contributed by atoms with Gasteiger partial charge in [0.25, 0.3) is 0 Å². The zero-order valence-electron chi connectivity index (χ0n) is 12.4. The minimum atomic E-state index is 0.364. The van der Waals surface area contributed by atoms with Gasteiger partial charge in [0.2, 0.25) is 0 Å². The van der Waals surface area contributed by atoms with Gasteiger partial charge in [-0.25, -0.2) is 0 Å². The maximum absolute atomic E-state index is 5.80. The highest BCUT2D eigenvalue weighted by atomic mass is 16.5. The molecule has 1 saturated heterocycles. The van der Waals surface area contributed by atoms with Gasteiger partial charge in [0.15, 0.2) is 0 Å². The summed E-state index contributed by atoms with van der Waals surface area (Å²) in [6.07, 6.45) is 3.87. The molecule has 2 unspecified atom stereocenters. The van der Waals surface area contributed by atoms with Gasteiger partial charge >= 0.3 is 0 Å². The van der Waals surface area contributed by atoms with E-state index in [9.17, 15) is 0 Å². The molecule has 1 aliphatic rings. The van der Waals surface area contributed by atoms with Gasteiger partial charge in [-0.3, -0.25) is 0 Å². The quantitative estimate of drug-likeness (QED) is 0.906. The first-order chi connectivity index (χ1) is 9.79. The largest absolute Gasteiger partial charge is 0.378 e. The van der Waals surface area contributed by atoms with Crippen LogP contribution in [0.4, 0.5) is 0 Å². The summed E-state index contributed by atoms with van der Waals surface area (Å²) >= 11 is 0. The molecule has 20 heavy (non-hydrogen) atoms. The molecule has 1 heterocycles. The van der Waals surface area contributed by atoms with E-state index in [4.69, 9.17) is 4.74 Å². The third kappa shape index (κ3) is 2.58. The summed E-state index contributed by atoms with van der Waals surface area (Å²) in [6, 6.07) is 13.6. The Labute approximate surface area is 121 Å². The monoisotopic (exact) mass is 269 g/mol. The van der Waals surface area contributed by atoms with Crippen LogP contribution >= 0.6 is 0 Å². The topological polar surface area (TPSA) is 21.3 Å². The van der Waals surface area contributed by atoms with Crippen molar-refractivity contribution in [2.45, 2.75) is 38.3 Å². The van der Waals surface area contributed by atoms with Crippen molar-refractivity contribution in [1.82, 2.24) is 5.32 Å². The molecule has 0 radical (unpaired) electrons. The van der Waals surface area contributed by atoms with Gasteiger partial charge in [0.05, 0.1) is 6.10 Å². The first-order valence-electron chi connectivity index (χ1n) is 7.56. The Bertz CT molecular complexity index is 587. The fraction of sp³-hybridized carbons (Fsp3) is 0.444. The molecule has 2 nitrogen and oxygen atoms in total. The molecule has 0 aliphatic carbocycles. The second-order valence-corrected chi connectivity index (χ2v) is 5.73. The summed E-state index contributed by atoms with van der Waals surface area (Å²) < 4.78 is 5.80. The van der Waals surface area contributed by atoms with Crippen molar-refractivity contribution in [3.05, 3.63) is 47.5 Å². The number of fused-ring (bicyclic) bond motifs is 1. The molecule has 1 fully saturated rings. The standard InChI is InChI=1S/C18H23NO/c1-13-9-10-17(16-8-4-3-7-15(13)16)18(19-2)12-14-6-5-11-20-14/h3-4,7-10,14,18-19H,5-6,11-12H2,1-2H3. The molecule has 0 bridgehead atoms. The van der Waals surface area contributed by atoms with Crippen LogP contribution in [-0.4, -0.2) is 19.8 Å². The Balaban J connectivity index is 1.96. The molecule has 3 rings (SSSR count). The maximum atomic E-state index is 5.80. The second kappa shape index (κ2) is 5.94. The normalized spacial score (nSPS) is 20.4.